The molecule has 0 fully saturated rings. The summed E-state index contributed by atoms with van der Waals surface area (Å²) in [6.45, 7) is 4.20. The lowest BCUT2D eigenvalue weighted by molar-refractivity contribution is -0.112. The van der Waals surface area contributed by atoms with E-state index in [1.807, 2.05) is 30.3 Å². The molecule has 0 radical (unpaired) electrons. The predicted octanol–water partition coefficient (Wildman–Crippen LogP) is 4.14. The van der Waals surface area contributed by atoms with Crippen LogP contribution in [-0.2, 0) is 9.53 Å². The highest BCUT2D eigenvalue weighted by Crippen LogP contribution is 2.17. The molecule has 132 valence electrons. The fourth-order valence-electron chi connectivity index (χ4n) is 2.33. The third-order valence-corrected chi connectivity index (χ3v) is 3.82. The predicted molar refractivity (Wildman–Crippen MR) is 101 cm³/mol. The van der Waals surface area contributed by atoms with Crippen molar-refractivity contribution in [2.75, 3.05) is 12.4 Å². The zero-order chi connectivity index (χ0) is 19.1. The summed E-state index contributed by atoms with van der Waals surface area (Å²) >= 11 is 0. The first-order valence-corrected chi connectivity index (χ1v) is 8.16. The Hall–Kier alpha value is -3.39. The second-order valence-electron chi connectivity index (χ2n) is 6.02. The van der Waals surface area contributed by atoms with Crippen molar-refractivity contribution in [1.82, 2.24) is 0 Å². The van der Waals surface area contributed by atoms with Gasteiger partial charge < -0.3 is 10.1 Å². The summed E-state index contributed by atoms with van der Waals surface area (Å²) in [6.07, 6.45) is 1.53. The maximum atomic E-state index is 12.4. The average Bonchev–Trinajstić information content (AvgIpc) is 2.65. The number of hydrogen-bond acceptors (Lipinski definition) is 4. The summed E-state index contributed by atoms with van der Waals surface area (Å²) in [5.74, 6) is -0.626. The second-order valence-corrected chi connectivity index (χ2v) is 6.02. The molecular weight excluding hydrogens is 328 g/mol. The van der Waals surface area contributed by atoms with Gasteiger partial charge in [0.1, 0.15) is 11.6 Å². The van der Waals surface area contributed by atoms with Gasteiger partial charge in [0.2, 0.25) is 0 Å². The standard InChI is InChI=1S/C21H20N2O3/c1-14(2)16-9-7-15(8-10-16)11-18(13-22)20(24)23-19-6-4-5-17(12-19)21(25)26-3/h4-12,14H,1-3H3,(H,23,24). The first-order valence-electron chi connectivity index (χ1n) is 8.16. The summed E-state index contributed by atoms with van der Waals surface area (Å²) in [5.41, 5.74) is 2.66. The molecule has 26 heavy (non-hydrogen) atoms. The van der Waals surface area contributed by atoms with Gasteiger partial charge in [-0.3, -0.25) is 4.79 Å². The molecule has 2 aromatic rings. The van der Waals surface area contributed by atoms with E-state index in [4.69, 9.17) is 0 Å². The number of methoxy groups -OCH3 is 1. The number of ether oxygens (including phenoxy) is 1. The fraction of sp³-hybridized carbons (Fsp3) is 0.190. The highest BCUT2D eigenvalue weighted by Gasteiger charge is 2.12. The zero-order valence-corrected chi connectivity index (χ0v) is 14.9. The molecule has 0 aromatic heterocycles. The van der Waals surface area contributed by atoms with Gasteiger partial charge in [0.25, 0.3) is 5.91 Å². The molecule has 0 bridgehead atoms. The minimum atomic E-state index is -0.539. The van der Waals surface area contributed by atoms with E-state index in [2.05, 4.69) is 23.9 Å². The van der Waals surface area contributed by atoms with Crippen molar-refractivity contribution in [3.05, 3.63) is 70.8 Å². The van der Waals surface area contributed by atoms with Gasteiger partial charge in [0.15, 0.2) is 0 Å². The van der Waals surface area contributed by atoms with Crippen molar-refractivity contribution in [3.8, 4) is 6.07 Å². The number of hydrogen-bond donors (Lipinski definition) is 1. The smallest absolute Gasteiger partial charge is 0.337 e. The van der Waals surface area contributed by atoms with Crippen LogP contribution in [0, 0.1) is 11.3 Å². The number of carbonyl (C=O) groups excluding carboxylic acids is 2. The van der Waals surface area contributed by atoms with E-state index in [0.717, 1.165) is 5.56 Å². The van der Waals surface area contributed by atoms with Gasteiger partial charge in [-0.1, -0.05) is 44.2 Å². The number of anilines is 1. The zero-order valence-electron chi connectivity index (χ0n) is 14.9. The Morgan fingerprint density at radius 1 is 1.15 bits per heavy atom. The SMILES string of the molecule is COC(=O)c1cccc(NC(=O)C(C#N)=Cc2ccc(C(C)C)cc2)c1. The number of amides is 1. The summed E-state index contributed by atoms with van der Waals surface area (Å²) in [4.78, 5) is 23.9. The number of rotatable bonds is 5. The molecule has 2 rings (SSSR count). The molecule has 2 aromatic carbocycles. The van der Waals surface area contributed by atoms with Crippen molar-refractivity contribution in [1.29, 1.82) is 5.26 Å². The third-order valence-electron chi connectivity index (χ3n) is 3.82. The van der Waals surface area contributed by atoms with E-state index >= 15 is 0 Å². The van der Waals surface area contributed by atoms with Crippen molar-refractivity contribution in [2.24, 2.45) is 0 Å². The van der Waals surface area contributed by atoms with Crippen LogP contribution < -0.4 is 5.32 Å². The van der Waals surface area contributed by atoms with E-state index < -0.39 is 11.9 Å². The van der Waals surface area contributed by atoms with Gasteiger partial charge in [-0.2, -0.15) is 5.26 Å². The lowest BCUT2D eigenvalue weighted by Crippen LogP contribution is -2.14. The van der Waals surface area contributed by atoms with Gasteiger partial charge in [-0.25, -0.2) is 4.79 Å². The van der Waals surface area contributed by atoms with Gasteiger partial charge in [-0.05, 0) is 41.3 Å². The average molecular weight is 348 g/mol. The van der Waals surface area contributed by atoms with Crippen molar-refractivity contribution < 1.29 is 14.3 Å². The number of nitrogens with zero attached hydrogens (tertiary/aromatic N) is 1. The summed E-state index contributed by atoms with van der Waals surface area (Å²) in [5, 5.41) is 11.9. The third kappa shape index (κ3) is 4.81. The first-order chi connectivity index (χ1) is 12.4. The summed E-state index contributed by atoms with van der Waals surface area (Å²) < 4.78 is 4.65. The van der Waals surface area contributed by atoms with Crippen LogP contribution in [0.1, 0.15) is 41.3 Å². The number of esters is 1. The Morgan fingerprint density at radius 3 is 2.42 bits per heavy atom. The molecule has 0 aliphatic carbocycles. The quantitative estimate of drug-likeness (QED) is 0.500. The Balaban J connectivity index is 2.18. The van der Waals surface area contributed by atoms with Crippen LogP contribution in [-0.4, -0.2) is 19.0 Å². The second kappa shape index (κ2) is 8.63. The number of carbonyl (C=O) groups is 2. The van der Waals surface area contributed by atoms with E-state index in [9.17, 15) is 14.9 Å². The summed E-state index contributed by atoms with van der Waals surface area (Å²) in [6, 6.07) is 16.0. The van der Waals surface area contributed by atoms with Gasteiger partial charge in [-0.15, -0.1) is 0 Å². The molecule has 1 amide bonds. The Labute approximate surface area is 152 Å². The van der Waals surface area contributed by atoms with Crippen LogP contribution in [0.3, 0.4) is 0 Å². The molecule has 5 heteroatoms. The lowest BCUT2D eigenvalue weighted by atomic mass is 10.0. The maximum absolute atomic E-state index is 12.4. The summed E-state index contributed by atoms with van der Waals surface area (Å²) in [7, 11) is 1.29. The highest BCUT2D eigenvalue weighted by molar-refractivity contribution is 6.10. The van der Waals surface area contributed by atoms with Crippen molar-refractivity contribution in [3.63, 3.8) is 0 Å². The molecular formula is C21H20N2O3. The molecule has 0 aliphatic rings. The largest absolute Gasteiger partial charge is 0.465 e. The first kappa shape index (κ1) is 18.9. The molecule has 0 spiro atoms. The minimum Gasteiger partial charge on any atom is -0.465 e. The molecule has 0 atom stereocenters. The van der Waals surface area contributed by atoms with E-state index in [-0.39, 0.29) is 5.57 Å². The lowest BCUT2D eigenvalue weighted by Gasteiger charge is -2.07. The van der Waals surface area contributed by atoms with Gasteiger partial charge >= 0.3 is 5.97 Å². The molecule has 1 N–H and O–H groups in total. The van der Waals surface area contributed by atoms with E-state index in [0.29, 0.717) is 17.2 Å². The van der Waals surface area contributed by atoms with Crippen LogP contribution in [0.2, 0.25) is 0 Å². The normalized spacial score (nSPS) is 11.0. The number of nitrogens with one attached hydrogen (secondary N) is 1. The Morgan fingerprint density at radius 2 is 1.85 bits per heavy atom. The maximum Gasteiger partial charge on any atom is 0.337 e. The van der Waals surface area contributed by atoms with Crippen LogP contribution >= 0.6 is 0 Å². The molecule has 0 heterocycles. The van der Waals surface area contributed by atoms with Crippen LogP contribution in [0.4, 0.5) is 5.69 Å². The fourth-order valence-corrected chi connectivity index (χ4v) is 2.33. The van der Waals surface area contributed by atoms with Gasteiger partial charge in [0, 0.05) is 5.69 Å². The van der Waals surface area contributed by atoms with Gasteiger partial charge in [0.05, 0.1) is 12.7 Å². The van der Waals surface area contributed by atoms with Crippen LogP contribution in [0.5, 0.6) is 0 Å². The topological polar surface area (TPSA) is 79.2 Å². The van der Waals surface area contributed by atoms with Crippen molar-refractivity contribution >= 4 is 23.6 Å². The molecule has 0 aliphatic heterocycles. The number of benzene rings is 2. The number of nitriles is 1. The monoisotopic (exact) mass is 348 g/mol. The van der Waals surface area contributed by atoms with Crippen LogP contribution in [0.15, 0.2) is 54.1 Å². The Kier molecular flexibility index (Phi) is 6.29. The molecule has 0 saturated heterocycles. The highest BCUT2D eigenvalue weighted by atomic mass is 16.5. The molecule has 0 saturated carbocycles. The van der Waals surface area contributed by atoms with Crippen LogP contribution in [0.25, 0.3) is 6.08 Å². The molecule has 0 unspecified atom stereocenters. The van der Waals surface area contributed by atoms with E-state index in [1.54, 1.807) is 18.2 Å². The Bertz CT molecular complexity index is 875. The van der Waals surface area contributed by atoms with Crippen molar-refractivity contribution in [2.45, 2.75) is 19.8 Å². The van der Waals surface area contributed by atoms with E-state index in [1.165, 1.54) is 24.8 Å². The minimum absolute atomic E-state index is 0.0224. The molecule has 5 nitrogen and oxygen atoms in total.